The minimum Gasteiger partial charge on any atom is -0.494 e. The summed E-state index contributed by atoms with van der Waals surface area (Å²) in [5.74, 6) is 1.51. The van der Waals surface area contributed by atoms with Gasteiger partial charge in [-0.3, -0.25) is 4.79 Å². The lowest BCUT2D eigenvalue weighted by Gasteiger charge is -2.16. The zero-order chi connectivity index (χ0) is 15.5. The average molecular weight is 295 g/mol. The van der Waals surface area contributed by atoms with Crippen LogP contribution in [0.4, 0.5) is 0 Å². The Hall–Kier alpha value is -1.75. The molecule has 0 aliphatic rings. The van der Waals surface area contributed by atoms with E-state index in [4.69, 9.17) is 14.2 Å². The van der Waals surface area contributed by atoms with Crippen LogP contribution < -0.4 is 9.47 Å². The minimum atomic E-state index is -0.156. The fourth-order valence-corrected chi connectivity index (χ4v) is 1.75. The summed E-state index contributed by atoms with van der Waals surface area (Å²) < 4.78 is 15.9. The Morgan fingerprint density at radius 1 is 1.00 bits per heavy atom. The molecule has 0 heterocycles. The number of nitrogens with zero attached hydrogens (tertiary/aromatic N) is 1. The molecule has 1 rings (SSSR count). The molecule has 0 fully saturated rings. The smallest absolute Gasteiger partial charge is 0.307 e. The van der Waals surface area contributed by atoms with Crippen molar-refractivity contribution < 1.29 is 19.0 Å². The summed E-state index contributed by atoms with van der Waals surface area (Å²) >= 11 is 0. The van der Waals surface area contributed by atoms with Crippen LogP contribution in [-0.2, 0) is 9.53 Å². The second-order valence-electron chi connectivity index (χ2n) is 4.61. The van der Waals surface area contributed by atoms with Gasteiger partial charge in [-0.05, 0) is 45.2 Å². The predicted octanol–water partition coefficient (Wildman–Crippen LogP) is 2.35. The number of ether oxygens (including phenoxy) is 3. The molecule has 21 heavy (non-hydrogen) atoms. The number of hydrogen-bond acceptors (Lipinski definition) is 5. The van der Waals surface area contributed by atoms with Gasteiger partial charge in [-0.2, -0.15) is 0 Å². The standard InChI is InChI=1S/C16H25NO4/c1-4-19-14-6-8-15(9-7-14)21-13-12-17(3)11-10-16(18)20-5-2/h6-9H,4-5,10-13H2,1-3H3. The highest BCUT2D eigenvalue weighted by Crippen LogP contribution is 2.17. The highest BCUT2D eigenvalue weighted by molar-refractivity contribution is 5.69. The lowest BCUT2D eigenvalue weighted by Crippen LogP contribution is -2.27. The van der Waals surface area contributed by atoms with E-state index in [-0.39, 0.29) is 5.97 Å². The van der Waals surface area contributed by atoms with E-state index in [1.54, 1.807) is 0 Å². The van der Waals surface area contributed by atoms with Gasteiger partial charge in [-0.25, -0.2) is 0 Å². The molecule has 0 aliphatic heterocycles. The molecule has 0 aliphatic carbocycles. The summed E-state index contributed by atoms with van der Waals surface area (Å²) in [6.07, 6.45) is 0.410. The SMILES string of the molecule is CCOC(=O)CCN(C)CCOc1ccc(OCC)cc1. The van der Waals surface area contributed by atoms with E-state index in [0.717, 1.165) is 18.0 Å². The molecule has 5 heteroatoms. The maximum atomic E-state index is 11.2. The zero-order valence-corrected chi connectivity index (χ0v) is 13.1. The second-order valence-corrected chi connectivity index (χ2v) is 4.61. The van der Waals surface area contributed by atoms with Crippen molar-refractivity contribution in [1.82, 2.24) is 4.90 Å². The van der Waals surface area contributed by atoms with Crippen molar-refractivity contribution in [3.63, 3.8) is 0 Å². The van der Waals surface area contributed by atoms with Crippen LogP contribution >= 0.6 is 0 Å². The molecule has 0 spiro atoms. The molecule has 0 unspecified atom stereocenters. The molecule has 1 aromatic rings. The van der Waals surface area contributed by atoms with E-state index in [1.165, 1.54) is 0 Å². The quantitative estimate of drug-likeness (QED) is 0.620. The summed E-state index contributed by atoms with van der Waals surface area (Å²) in [5, 5.41) is 0. The zero-order valence-electron chi connectivity index (χ0n) is 13.1. The fraction of sp³-hybridized carbons (Fsp3) is 0.562. The molecule has 0 radical (unpaired) electrons. The Kier molecular flexibility index (Phi) is 8.28. The summed E-state index contributed by atoms with van der Waals surface area (Å²) in [6.45, 7) is 6.86. The van der Waals surface area contributed by atoms with E-state index < -0.39 is 0 Å². The molecule has 0 bridgehead atoms. The summed E-state index contributed by atoms with van der Waals surface area (Å²) in [7, 11) is 1.96. The molecule has 0 saturated carbocycles. The van der Waals surface area contributed by atoms with Crippen LogP contribution in [0.15, 0.2) is 24.3 Å². The fourth-order valence-electron chi connectivity index (χ4n) is 1.75. The number of rotatable bonds is 10. The maximum absolute atomic E-state index is 11.2. The Balaban J connectivity index is 2.18. The Bertz CT molecular complexity index is 405. The Labute approximate surface area is 126 Å². The average Bonchev–Trinajstić information content (AvgIpc) is 2.48. The third-order valence-electron chi connectivity index (χ3n) is 2.88. The van der Waals surface area contributed by atoms with Crippen molar-refractivity contribution in [1.29, 1.82) is 0 Å². The van der Waals surface area contributed by atoms with Gasteiger partial charge in [0.1, 0.15) is 18.1 Å². The van der Waals surface area contributed by atoms with E-state index >= 15 is 0 Å². The van der Waals surface area contributed by atoms with Gasteiger partial charge in [0.15, 0.2) is 0 Å². The van der Waals surface area contributed by atoms with Crippen molar-refractivity contribution >= 4 is 5.97 Å². The van der Waals surface area contributed by atoms with E-state index in [2.05, 4.69) is 0 Å². The predicted molar refractivity (Wildman–Crippen MR) is 81.9 cm³/mol. The maximum Gasteiger partial charge on any atom is 0.307 e. The summed E-state index contributed by atoms with van der Waals surface area (Å²) in [5.41, 5.74) is 0. The molecule has 5 nitrogen and oxygen atoms in total. The van der Waals surface area contributed by atoms with Gasteiger partial charge in [0.25, 0.3) is 0 Å². The molecular weight excluding hydrogens is 270 g/mol. The molecule has 0 saturated heterocycles. The van der Waals surface area contributed by atoms with Gasteiger partial charge in [0.05, 0.1) is 19.6 Å². The van der Waals surface area contributed by atoms with Crippen LogP contribution in [0.5, 0.6) is 11.5 Å². The van der Waals surface area contributed by atoms with Gasteiger partial charge in [-0.1, -0.05) is 0 Å². The first-order chi connectivity index (χ1) is 10.2. The molecule has 0 aromatic heterocycles. The highest BCUT2D eigenvalue weighted by Gasteiger charge is 2.05. The van der Waals surface area contributed by atoms with E-state index in [0.29, 0.717) is 32.8 Å². The number of hydrogen-bond donors (Lipinski definition) is 0. The first-order valence-electron chi connectivity index (χ1n) is 7.35. The molecule has 1 aromatic carbocycles. The monoisotopic (exact) mass is 295 g/mol. The number of carbonyl (C=O) groups is 1. The van der Waals surface area contributed by atoms with Gasteiger partial charge in [0.2, 0.25) is 0 Å². The van der Waals surface area contributed by atoms with Crippen LogP contribution in [0.2, 0.25) is 0 Å². The number of likely N-dealkylation sites (N-methyl/N-ethyl adjacent to an activating group) is 1. The molecule has 0 atom stereocenters. The Morgan fingerprint density at radius 3 is 2.19 bits per heavy atom. The lowest BCUT2D eigenvalue weighted by atomic mass is 10.3. The molecule has 0 N–H and O–H groups in total. The van der Waals surface area contributed by atoms with Crippen molar-refractivity contribution in [2.24, 2.45) is 0 Å². The Morgan fingerprint density at radius 2 is 1.62 bits per heavy atom. The van der Waals surface area contributed by atoms with Crippen molar-refractivity contribution in [3.05, 3.63) is 24.3 Å². The van der Waals surface area contributed by atoms with Crippen LogP contribution in [0, 0.1) is 0 Å². The second kappa shape index (κ2) is 10.0. The first kappa shape index (κ1) is 17.3. The number of esters is 1. The number of carbonyl (C=O) groups excluding carboxylic acids is 1. The van der Waals surface area contributed by atoms with Gasteiger partial charge in [-0.15, -0.1) is 0 Å². The van der Waals surface area contributed by atoms with Crippen molar-refractivity contribution in [2.45, 2.75) is 20.3 Å². The third kappa shape index (κ3) is 7.56. The van der Waals surface area contributed by atoms with Crippen LogP contribution in [0.25, 0.3) is 0 Å². The molecule has 0 amide bonds. The van der Waals surface area contributed by atoms with Gasteiger partial charge in [0, 0.05) is 13.1 Å². The van der Waals surface area contributed by atoms with Gasteiger partial charge < -0.3 is 19.1 Å². The summed E-state index contributed by atoms with van der Waals surface area (Å²) in [4.78, 5) is 13.3. The van der Waals surface area contributed by atoms with Crippen molar-refractivity contribution in [2.75, 3.05) is 40.0 Å². The van der Waals surface area contributed by atoms with Gasteiger partial charge >= 0.3 is 5.97 Å². The normalized spacial score (nSPS) is 10.5. The van der Waals surface area contributed by atoms with Crippen LogP contribution in [0.3, 0.4) is 0 Å². The minimum absolute atomic E-state index is 0.156. The number of benzene rings is 1. The van der Waals surface area contributed by atoms with Crippen molar-refractivity contribution in [3.8, 4) is 11.5 Å². The topological polar surface area (TPSA) is 48.0 Å². The lowest BCUT2D eigenvalue weighted by molar-refractivity contribution is -0.143. The van der Waals surface area contributed by atoms with Crippen LogP contribution in [0.1, 0.15) is 20.3 Å². The largest absolute Gasteiger partial charge is 0.494 e. The third-order valence-corrected chi connectivity index (χ3v) is 2.88. The van der Waals surface area contributed by atoms with E-state index in [1.807, 2.05) is 50.1 Å². The molecular formula is C16H25NO4. The first-order valence-corrected chi connectivity index (χ1v) is 7.35. The highest BCUT2D eigenvalue weighted by atomic mass is 16.5. The summed E-state index contributed by atoms with van der Waals surface area (Å²) in [6, 6.07) is 7.57. The van der Waals surface area contributed by atoms with E-state index in [9.17, 15) is 4.79 Å². The molecule has 118 valence electrons. The van der Waals surface area contributed by atoms with Crippen LogP contribution in [-0.4, -0.2) is 50.8 Å².